The lowest BCUT2D eigenvalue weighted by molar-refractivity contribution is 0.667. The van der Waals surface area contributed by atoms with Crippen LogP contribution in [0.3, 0.4) is 0 Å². The first-order chi connectivity index (χ1) is 22.1. The van der Waals surface area contributed by atoms with Crippen LogP contribution in [0.4, 0.5) is 0 Å². The largest absolute Gasteiger partial charge is 0.255 e. The Labute approximate surface area is 262 Å². The summed E-state index contributed by atoms with van der Waals surface area (Å²) < 4.78 is 0. The van der Waals surface area contributed by atoms with Gasteiger partial charge in [0.15, 0.2) is 0 Å². The van der Waals surface area contributed by atoms with Crippen molar-refractivity contribution in [2.75, 3.05) is 0 Å². The first kappa shape index (κ1) is 25.9. The van der Waals surface area contributed by atoms with Crippen LogP contribution in [-0.2, 0) is 5.41 Å². The summed E-state index contributed by atoms with van der Waals surface area (Å²) in [5, 5.41) is 7.85. The molecule has 2 nitrogen and oxygen atoms in total. The van der Waals surface area contributed by atoms with Crippen LogP contribution in [0, 0.1) is 0 Å². The Kier molecular flexibility index (Phi) is 5.58. The van der Waals surface area contributed by atoms with E-state index in [-0.39, 0.29) is 5.41 Å². The minimum atomic E-state index is -0.195. The molecule has 1 aliphatic rings. The Morgan fingerprint density at radius 1 is 0.422 bits per heavy atom. The number of nitrogens with zero attached hydrogens (tertiary/aromatic N) is 2. The fourth-order valence-corrected chi connectivity index (χ4v) is 7.73. The van der Waals surface area contributed by atoms with Crippen molar-refractivity contribution in [2.45, 2.75) is 19.3 Å². The van der Waals surface area contributed by atoms with Gasteiger partial charge in [-0.25, -0.2) is 4.98 Å². The van der Waals surface area contributed by atoms with E-state index in [9.17, 15) is 0 Å². The van der Waals surface area contributed by atoms with E-state index in [4.69, 9.17) is 4.98 Å². The van der Waals surface area contributed by atoms with Crippen molar-refractivity contribution < 1.29 is 0 Å². The molecule has 0 aliphatic heterocycles. The minimum absolute atomic E-state index is 0.195. The maximum atomic E-state index is 5.12. The highest BCUT2D eigenvalue weighted by Crippen LogP contribution is 2.57. The second-order valence-corrected chi connectivity index (χ2v) is 12.5. The molecule has 0 saturated carbocycles. The lowest BCUT2D eigenvalue weighted by atomic mass is 9.78. The number of rotatable bonds is 3. The van der Waals surface area contributed by atoms with Crippen LogP contribution in [0.25, 0.3) is 77.2 Å². The molecule has 0 N–H and O–H groups in total. The molecule has 212 valence electrons. The van der Waals surface area contributed by atoms with Crippen LogP contribution in [0.5, 0.6) is 0 Å². The van der Waals surface area contributed by atoms with Gasteiger partial charge < -0.3 is 0 Å². The summed E-state index contributed by atoms with van der Waals surface area (Å²) in [4.78, 5) is 9.68. The topological polar surface area (TPSA) is 25.8 Å². The van der Waals surface area contributed by atoms with E-state index in [2.05, 4.69) is 134 Å². The molecule has 8 aromatic rings. The lowest BCUT2D eigenvalue weighted by Gasteiger charge is -2.25. The SMILES string of the molecule is CC1(C)c2cc(-c3ccccc3-c3cccc(-c4ccccn4)n3)c3ccccc3c2-c2c1c1ccccc1c1ccccc21. The first-order valence-electron chi connectivity index (χ1n) is 15.6. The van der Waals surface area contributed by atoms with Crippen molar-refractivity contribution in [3.8, 4) is 44.9 Å². The van der Waals surface area contributed by atoms with E-state index in [0.717, 1.165) is 22.6 Å². The molecule has 0 bridgehead atoms. The molecule has 0 atom stereocenters. The van der Waals surface area contributed by atoms with Gasteiger partial charge in [0.1, 0.15) is 0 Å². The van der Waals surface area contributed by atoms with Gasteiger partial charge in [-0.15, -0.1) is 0 Å². The van der Waals surface area contributed by atoms with Gasteiger partial charge in [0.2, 0.25) is 0 Å². The summed E-state index contributed by atoms with van der Waals surface area (Å²) in [5.41, 5.74) is 11.6. The van der Waals surface area contributed by atoms with Crippen molar-refractivity contribution in [3.63, 3.8) is 0 Å². The third kappa shape index (κ3) is 3.76. The quantitative estimate of drug-likeness (QED) is 0.196. The maximum absolute atomic E-state index is 5.12. The smallest absolute Gasteiger partial charge is 0.0893 e. The number of benzene rings is 6. The minimum Gasteiger partial charge on any atom is -0.255 e. The molecule has 0 amide bonds. The van der Waals surface area contributed by atoms with Crippen LogP contribution in [0.1, 0.15) is 25.0 Å². The molecule has 0 spiro atoms. The Balaban J connectivity index is 1.35. The van der Waals surface area contributed by atoms with Crippen LogP contribution in [0.2, 0.25) is 0 Å². The molecule has 45 heavy (non-hydrogen) atoms. The highest BCUT2D eigenvalue weighted by atomic mass is 14.8. The summed E-state index contributed by atoms with van der Waals surface area (Å²) in [6.07, 6.45) is 1.82. The van der Waals surface area contributed by atoms with Gasteiger partial charge in [0.05, 0.1) is 17.1 Å². The van der Waals surface area contributed by atoms with Gasteiger partial charge >= 0.3 is 0 Å². The van der Waals surface area contributed by atoms with Gasteiger partial charge in [0, 0.05) is 17.2 Å². The summed E-state index contributed by atoms with van der Waals surface area (Å²) in [5.74, 6) is 0. The molecule has 6 aromatic carbocycles. The van der Waals surface area contributed by atoms with Crippen molar-refractivity contribution in [3.05, 3.63) is 157 Å². The van der Waals surface area contributed by atoms with Gasteiger partial charge in [-0.3, -0.25) is 4.98 Å². The Bertz CT molecular complexity index is 2450. The zero-order valence-electron chi connectivity index (χ0n) is 25.3. The van der Waals surface area contributed by atoms with Crippen LogP contribution < -0.4 is 0 Å². The first-order valence-corrected chi connectivity index (χ1v) is 15.6. The summed E-state index contributed by atoms with van der Waals surface area (Å²) in [7, 11) is 0. The lowest BCUT2D eigenvalue weighted by Crippen LogP contribution is -2.16. The zero-order valence-corrected chi connectivity index (χ0v) is 25.3. The van der Waals surface area contributed by atoms with Crippen molar-refractivity contribution in [1.82, 2.24) is 9.97 Å². The Hall–Kier alpha value is -5.60. The van der Waals surface area contributed by atoms with Crippen molar-refractivity contribution in [1.29, 1.82) is 0 Å². The maximum Gasteiger partial charge on any atom is 0.0893 e. The molecular formula is C43H30N2. The molecular weight excluding hydrogens is 544 g/mol. The predicted molar refractivity (Wildman–Crippen MR) is 188 cm³/mol. The van der Waals surface area contributed by atoms with Gasteiger partial charge in [-0.05, 0) is 96.0 Å². The molecule has 2 aromatic heterocycles. The molecule has 9 rings (SSSR count). The molecule has 0 radical (unpaired) electrons. The average Bonchev–Trinajstić information content (AvgIpc) is 3.35. The van der Waals surface area contributed by atoms with E-state index >= 15 is 0 Å². The fourth-order valence-electron chi connectivity index (χ4n) is 7.73. The van der Waals surface area contributed by atoms with E-state index < -0.39 is 0 Å². The Morgan fingerprint density at radius 2 is 0.978 bits per heavy atom. The number of pyridine rings is 2. The molecule has 0 unspecified atom stereocenters. The third-order valence-electron chi connectivity index (χ3n) is 9.70. The van der Waals surface area contributed by atoms with E-state index in [1.165, 1.54) is 65.7 Å². The average molecular weight is 575 g/mol. The van der Waals surface area contributed by atoms with Crippen molar-refractivity contribution >= 4 is 32.3 Å². The van der Waals surface area contributed by atoms with Crippen molar-refractivity contribution in [2.24, 2.45) is 0 Å². The summed E-state index contributed by atoms with van der Waals surface area (Å²) in [6, 6.07) is 50.2. The van der Waals surface area contributed by atoms with Gasteiger partial charge in [0.25, 0.3) is 0 Å². The molecule has 1 aliphatic carbocycles. The van der Waals surface area contributed by atoms with Gasteiger partial charge in [-0.2, -0.15) is 0 Å². The molecule has 2 heterocycles. The molecule has 2 heteroatoms. The summed E-state index contributed by atoms with van der Waals surface area (Å²) in [6.45, 7) is 4.81. The van der Waals surface area contributed by atoms with Crippen LogP contribution in [0.15, 0.2) is 146 Å². The van der Waals surface area contributed by atoms with E-state index in [1.807, 2.05) is 30.5 Å². The Morgan fingerprint density at radius 3 is 1.71 bits per heavy atom. The number of aromatic nitrogens is 2. The normalized spacial score (nSPS) is 13.3. The van der Waals surface area contributed by atoms with Crippen LogP contribution >= 0.6 is 0 Å². The highest BCUT2D eigenvalue weighted by Gasteiger charge is 2.40. The number of fused-ring (bicyclic) bond motifs is 10. The second-order valence-electron chi connectivity index (χ2n) is 12.5. The number of hydrogen-bond donors (Lipinski definition) is 0. The predicted octanol–water partition coefficient (Wildman–Crippen LogP) is 11.2. The molecule has 0 saturated heterocycles. The monoisotopic (exact) mass is 574 g/mol. The second kappa shape index (κ2) is 9.70. The third-order valence-corrected chi connectivity index (χ3v) is 9.70. The number of hydrogen-bond acceptors (Lipinski definition) is 2. The van der Waals surface area contributed by atoms with Gasteiger partial charge in [-0.1, -0.05) is 123 Å². The standard InChI is InChI=1S/C43H30N2/c1-43(2)36-26-35(29-16-3-7-18-31(29)37-23-13-24-39(45-37)38-22-11-12-25-44-38)30-17-5-8-19-32(30)40(36)41-33-20-9-4-14-27(33)28-15-6-10-21-34(28)42(41)43/h3-26H,1-2H3. The highest BCUT2D eigenvalue weighted by molar-refractivity contribution is 6.22. The van der Waals surface area contributed by atoms with E-state index in [0.29, 0.717) is 0 Å². The fraction of sp³-hybridized carbons (Fsp3) is 0.0698. The summed E-state index contributed by atoms with van der Waals surface area (Å²) >= 11 is 0. The molecule has 0 fully saturated rings. The van der Waals surface area contributed by atoms with Crippen LogP contribution in [-0.4, -0.2) is 9.97 Å². The zero-order chi connectivity index (χ0) is 30.1. The van der Waals surface area contributed by atoms with E-state index in [1.54, 1.807) is 0 Å².